The molecular formula is C105H63N7S2. The summed E-state index contributed by atoms with van der Waals surface area (Å²) in [6.07, 6.45) is 0. The third kappa shape index (κ3) is 9.51. The average Bonchev–Trinajstić information content (AvgIpc) is 1.50. The maximum Gasteiger partial charge on any atom is 0.235 e. The van der Waals surface area contributed by atoms with Crippen LogP contribution in [0.25, 0.3) is 156 Å². The molecule has 0 saturated carbocycles. The molecule has 0 saturated heterocycles. The Labute approximate surface area is 666 Å². The fraction of sp³-hybridized carbons (Fsp3) is 0.0190. The molecule has 1 atom stereocenters. The Hall–Kier alpha value is -14.1. The molecule has 0 radical (unpaired) electrons. The number of benzene rings is 16. The Balaban J connectivity index is 0.652. The van der Waals surface area contributed by atoms with Crippen LogP contribution in [0.4, 0.5) is 0 Å². The molecule has 2 aliphatic heterocycles. The van der Waals surface area contributed by atoms with Gasteiger partial charge in [-0.15, -0.1) is 0 Å². The second kappa shape index (κ2) is 25.2. The number of aromatic nitrogens is 7. The van der Waals surface area contributed by atoms with Gasteiger partial charge in [0.15, 0.2) is 17.5 Å². The molecule has 0 amide bonds. The minimum atomic E-state index is -0.689. The van der Waals surface area contributed by atoms with Gasteiger partial charge in [0, 0.05) is 74.6 Å². The predicted octanol–water partition coefficient (Wildman–Crippen LogP) is 26.2. The van der Waals surface area contributed by atoms with Gasteiger partial charge in [-0.2, -0.15) is 0 Å². The first-order chi connectivity index (χ1) is 56.5. The van der Waals surface area contributed by atoms with Crippen molar-refractivity contribution in [3.8, 4) is 113 Å². The van der Waals surface area contributed by atoms with Crippen LogP contribution in [-0.2, 0) is 10.8 Å². The van der Waals surface area contributed by atoms with E-state index in [0.717, 1.165) is 100.0 Å². The number of hydrogen-bond donors (Lipinski definition) is 0. The molecule has 0 bridgehead atoms. The van der Waals surface area contributed by atoms with Crippen LogP contribution in [0, 0.1) is 0 Å². The highest BCUT2D eigenvalue weighted by molar-refractivity contribution is 7.99. The topological polar surface area (TPSA) is 74.3 Å². The fourth-order valence-electron chi connectivity index (χ4n) is 19.3. The zero-order chi connectivity index (χ0) is 74.7. The molecular weight excluding hydrogens is 1420 g/mol. The van der Waals surface area contributed by atoms with E-state index in [1.165, 1.54) is 97.1 Å². The van der Waals surface area contributed by atoms with Gasteiger partial charge in [-0.05, 0) is 162 Å². The van der Waals surface area contributed by atoms with Gasteiger partial charge in [0.1, 0.15) is 0 Å². The van der Waals surface area contributed by atoms with E-state index in [2.05, 4.69) is 367 Å². The van der Waals surface area contributed by atoms with Crippen molar-refractivity contribution in [2.45, 2.75) is 30.4 Å². The van der Waals surface area contributed by atoms with Crippen molar-refractivity contribution in [2.24, 2.45) is 0 Å². The van der Waals surface area contributed by atoms with Crippen molar-refractivity contribution in [3.05, 3.63) is 427 Å². The summed E-state index contributed by atoms with van der Waals surface area (Å²) in [6, 6.07) is 140. The first-order valence-electron chi connectivity index (χ1n) is 38.8. The molecule has 114 heavy (non-hydrogen) atoms. The number of para-hydroxylation sites is 2. The van der Waals surface area contributed by atoms with Gasteiger partial charge in [0.25, 0.3) is 0 Å². The smallest absolute Gasteiger partial charge is 0.235 e. The Morgan fingerprint density at radius 2 is 0.614 bits per heavy atom. The largest absolute Gasteiger partial charge is 0.309 e. The SMILES string of the molecule is c1ccc(-c2ccc(-c3nc(-c4ccccc4)nc(-c4cccc(-n5c6ccccc6c6cc7c(cc65)Sc5ccccc5C75c6ccccc6-c6c(-c7cccc(-c8cc(-c9ccccc9)nc(-n9c%10ccccc%10c%10cc%11c(cc%109)Sc9ccccc9C%119c%10ccccc%10-c%10ccccc%109)n8)c7)cccc65)c4)n3)cc2)cc1. The van der Waals surface area contributed by atoms with Crippen molar-refractivity contribution in [1.82, 2.24) is 34.1 Å². The summed E-state index contributed by atoms with van der Waals surface area (Å²) in [5, 5.41) is 4.65. The maximum atomic E-state index is 5.77. The summed E-state index contributed by atoms with van der Waals surface area (Å²) >= 11 is 3.73. The van der Waals surface area contributed by atoms with Gasteiger partial charge in [0.2, 0.25) is 5.95 Å². The number of fused-ring (bicyclic) bond motifs is 24. The molecule has 2 spiro atoms. The zero-order valence-corrected chi connectivity index (χ0v) is 63.0. The Bertz CT molecular complexity index is 7390. The van der Waals surface area contributed by atoms with E-state index in [0.29, 0.717) is 23.4 Å². The van der Waals surface area contributed by atoms with Gasteiger partial charge in [0.05, 0.1) is 44.3 Å². The molecule has 530 valence electrons. The Kier molecular flexibility index (Phi) is 14.3. The highest BCUT2D eigenvalue weighted by atomic mass is 32.2. The van der Waals surface area contributed by atoms with Gasteiger partial charge in [-0.25, -0.2) is 24.9 Å². The molecule has 7 nitrogen and oxygen atoms in total. The highest BCUT2D eigenvalue weighted by Crippen LogP contribution is 2.66. The second-order valence-corrected chi connectivity index (χ2v) is 32.2. The molecule has 16 aromatic carbocycles. The second-order valence-electron chi connectivity index (χ2n) is 30.0. The van der Waals surface area contributed by atoms with Crippen LogP contribution >= 0.6 is 23.5 Å². The van der Waals surface area contributed by atoms with Crippen molar-refractivity contribution >= 4 is 67.1 Å². The number of rotatable bonds is 9. The van der Waals surface area contributed by atoms with E-state index < -0.39 is 10.8 Å². The zero-order valence-electron chi connectivity index (χ0n) is 61.3. The first kappa shape index (κ1) is 64.7. The number of hydrogen-bond acceptors (Lipinski definition) is 7. The Morgan fingerprint density at radius 1 is 0.211 bits per heavy atom. The summed E-state index contributed by atoms with van der Waals surface area (Å²) < 4.78 is 4.76. The van der Waals surface area contributed by atoms with Gasteiger partial charge < -0.3 is 4.57 Å². The van der Waals surface area contributed by atoms with Crippen molar-refractivity contribution in [1.29, 1.82) is 0 Å². The summed E-state index contributed by atoms with van der Waals surface area (Å²) in [7, 11) is 0. The molecule has 4 aliphatic rings. The molecule has 20 aromatic rings. The molecule has 0 N–H and O–H groups in total. The molecule has 0 fully saturated rings. The molecule has 9 heteroatoms. The lowest BCUT2D eigenvalue weighted by Gasteiger charge is -2.40. The van der Waals surface area contributed by atoms with Crippen molar-refractivity contribution in [3.63, 3.8) is 0 Å². The standard InChI is InChI=1S/C105H63N7S2/c1-4-27-64(28-5-1)65-53-55-68(56-54-65)101-108-100(67-31-8-3-9-32-67)109-102(110-101)71-35-25-36-72(58-71)111-91-49-20-13-39-76(91)79-59-88-97(62-93(79)111)114-96-52-23-19-47-85(96)105(88)83-45-17-12-41-78(83)99-73(42-26-48-86(99)105)69-33-24-34-70(57-69)90-61-89(66-29-6-2-7-30-66)106-103(107-90)112-92-50-21-14-40-77(92)80-60-87-98(63-94(80)112)113-95-51-22-18-46-84(95)104(87)81-43-15-10-37-74(81)75-38-11-16-44-82(75)104/h1-63H. The molecule has 24 rings (SSSR count). The van der Waals surface area contributed by atoms with E-state index in [-0.39, 0.29) is 0 Å². The van der Waals surface area contributed by atoms with E-state index >= 15 is 0 Å². The van der Waals surface area contributed by atoms with Crippen molar-refractivity contribution < 1.29 is 0 Å². The third-order valence-electron chi connectivity index (χ3n) is 24.1. The van der Waals surface area contributed by atoms with E-state index in [1.54, 1.807) is 0 Å². The lowest BCUT2D eigenvalue weighted by Crippen LogP contribution is -2.32. The van der Waals surface area contributed by atoms with Crippen LogP contribution in [0.15, 0.2) is 402 Å². The Morgan fingerprint density at radius 3 is 1.24 bits per heavy atom. The van der Waals surface area contributed by atoms with Gasteiger partial charge in [-0.1, -0.05) is 333 Å². The van der Waals surface area contributed by atoms with Crippen molar-refractivity contribution in [2.75, 3.05) is 0 Å². The lowest BCUT2D eigenvalue weighted by atomic mass is 9.67. The van der Waals surface area contributed by atoms with Crippen LogP contribution in [-0.4, -0.2) is 34.1 Å². The normalized spacial score (nSPS) is 14.4. The van der Waals surface area contributed by atoms with Crippen LogP contribution in [0.2, 0.25) is 0 Å². The minimum Gasteiger partial charge on any atom is -0.309 e. The molecule has 2 aliphatic carbocycles. The van der Waals surface area contributed by atoms with Crippen LogP contribution < -0.4 is 0 Å². The fourth-order valence-corrected chi connectivity index (χ4v) is 21.7. The van der Waals surface area contributed by atoms with Crippen LogP contribution in [0.5, 0.6) is 0 Å². The molecule has 1 unspecified atom stereocenters. The van der Waals surface area contributed by atoms with Gasteiger partial charge in [-0.3, -0.25) is 4.57 Å². The van der Waals surface area contributed by atoms with E-state index in [1.807, 2.05) is 47.8 Å². The number of nitrogens with zero attached hydrogens (tertiary/aromatic N) is 7. The maximum absolute atomic E-state index is 5.77. The molecule has 4 aromatic heterocycles. The summed E-state index contributed by atoms with van der Waals surface area (Å²) in [5.41, 5.74) is 30.4. The van der Waals surface area contributed by atoms with E-state index in [9.17, 15) is 0 Å². The lowest BCUT2D eigenvalue weighted by molar-refractivity contribution is 0.724. The van der Waals surface area contributed by atoms with Crippen LogP contribution in [0.1, 0.15) is 44.5 Å². The highest BCUT2D eigenvalue weighted by Gasteiger charge is 2.53. The molecule has 6 heterocycles. The predicted molar refractivity (Wildman–Crippen MR) is 465 cm³/mol. The van der Waals surface area contributed by atoms with E-state index in [4.69, 9.17) is 24.9 Å². The third-order valence-corrected chi connectivity index (χ3v) is 26.4. The van der Waals surface area contributed by atoms with Gasteiger partial charge >= 0.3 is 0 Å². The monoisotopic (exact) mass is 1490 g/mol. The van der Waals surface area contributed by atoms with Crippen LogP contribution in [0.3, 0.4) is 0 Å². The average molecular weight is 1490 g/mol. The minimum absolute atomic E-state index is 0.528. The summed E-state index contributed by atoms with van der Waals surface area (Å²) in [4.78, 5) is 32.0. The first-order valence-corrected chi connectivity index (χ1v) is 40.4. The quantitative estimate of drug-likeness (QED) is 0.143. The summed E-state index contributed by atoms with van der Waals surface area (Å²) in [6.45, 7) is 0. The summed E-state index contributed by atoms with van der Waals surface area (Å²) in [5.74, 6) is 2.44.